The van der Waals surface area contributed by atoms with Crippen molar-refractivity contribution in [3.05, 3.63) is 59.2 Å². The van der Waals surface area contributed by atoms with Crippen LogP contribution in [-0.4, -0.2) is 4.57 Å². The highest BCUT2D eigenvalue weighted by molar-refractivity contribution is 5.88. The fourth-order valence-corrected chi connectivity index (χ4v) is 3.51. The van der Waals surface area contributed by atoms with Gasteiger partial charge in [-0.25, -0.2) is 0 Å². The summed E-state index contributed by atoms with van der Waals surface area (Å²) in [6.07, 6.45) is 0. The second-order valence-electron chi connectivity index (χ2n) is 6.33. The maximum Gasteiger partial charge on any atom is 0.0499 e. The van der Waals surface area contributed by atoms with Gasteiger partial charge in [-0.15, -0.1) is 0 Å². The SMILES string of the molecule is Cc1cc(C)c(-c2cc3ccccc3n2C(C)C)c(C)c1. The van der Waals surface area contributed by atoms with Crippen LogP contribution >= 0.6 is 0 Å². The normalized spacial score (nSPS) is 11.5. The van der Waals surface area contributed by atoms with Gasteiger partial charge in [0.15, 0.2) is 0 Å². The molecule has 0 aliphatic heterocycles. The van der Waals surface area contributed by atoms with Crippen LogP contribution in [0.3, 0.4) is 0 Å². The highest BCUT2D eigenvalue weighted by Crippen LogP contribution is 2.35. The van der Waals surface area contributed by atoms with E-state index in [0.717, 1.165) is 0 Å². The molecular formula is C20H23N. The summed E-state index contributed by atoms with van der Waals surface area (Å²) < 4.78 is 2.46. The molecule has 0 spiro atoms. The number of nitrogens with zero attached hydrogens (tertiary/aromatic N) is 1. The first-order chi connectivity index (χ1) is 9.99. The number of benzene rings is 2. The number of hydrogen-bond acceptors (Lipinski definition) is 0. The van der Waals surface area contributed by atoms with Crippen LogP contribution in [-0.2, 0) is 0 Å². The Balaban J connectivity index is 2.38. The van der Waals surface area contributed by atoms with E-state index in [1.165, 1.54) is 38.9 Å². The van der Waals surface area contributed by atoms with Crippen molar-refractivity contribution in [3.8, 4) is 11.3 Å². The topological polar surface area (TPSA) is 4.93 Å². The first-order valence-corrected chi connectivity index (χ1v) is 7.67. The third-order valence-corrected chi connectivity index (χ3v) is 4.20. The highest BCUT2D eigenvalue weighted by atomic mass is 15.0. The van der Waals surface area contributed by atoms with E-state index in [-0.39, 0.29) is 0 Å². The molecule has 0 fully saturated rings. The highest BCUT2D eigenvalue weighted by Gasteiger charge is 2.16. The van der Waals surface area contributed by atoms with Gasteiger partial charge < -0.3 is 4.57 Å². The fourth-order valence-electron chi connectivity index (χ4n) is 3.51. The molecule has 0 aliphatic carbocycles. The number of aromatic nitrogens is 1. The Hall–Kier alpha value is -2.02. The minimum absolute atomic E-state index is 0.444. The Kier molecular flexibility index (Phi) is 3.36. The molecule has 0 unspecified atom stereocenters. The molecule has 1 nitrogen and oxygen atoms in total. The molecule has 108 valence electrons. The molecule has 0 atom stereocenters. The number of aryl methyl sites for hydroxylation is 3. The lowest BCUT2D eigenvalue weighted by molar-refractivity contribution is 0.628. The molecule has 0 saturated carbocycles. The van der Waals surface area contributed by atoms with Gasteiger partial charge in [-0.1, -0.05) is 35.9 Å². The minimum Gasteiger partial charge on any atom is -0.338 e. The smallest absolute Gasteiger partial charge is 0.0499 e. The van der Waals surface area contributed by atoms with Crippen LogP contribution in [0.5, 0.6) is 0 Å². The number of fused-ring (bicyclic) bond motifs is 1. The fraction of sp³-hybridized carbons (Fsp3) is 0.300. The van der Waals surface area contributed by atoms with Crippen LogP contribution in [0.15, 0.2) is 42.5 Å². The Labute approximate surface area is 127 Å². The molecule has 0 amide bonds. The van der Waals surface area contributed by atoms with Gasteiger partial charge in [-0.05, 0) is 57.9 Å². The number of hydrogen-bond donors (Lipinski definition) is 0. The van der Waals surface area contributed by atoms with E-state index in [4.69, 9.17) is 0 Å². The van der Waals surface area contributed by atoms with Crippen LogP contribution in [0, 0.1) is 20.8 Å². The molecule has 1 aromatic heterocycles. The molecule has 3 aromatic rings. The molecule has 21 heavy (non-hydrogen) atoms. The molecule has 0 saturated heterocycles. The van der Waals surface area contributed by atoms with Crippen molar-refractivity contribution < 1.29 is 0 Å². The quantitative estimate of drug-likeness (QED) is 0.556. The Morgan fingerprint density at radius 2 is 1.48 bits per heavy atom. The molecule has 2 aromatic carbocycles. The summed E-state index contributed by atoms with van der Waals surface area (Å²) in [6.45, 7) is 11.1. The van der Waals surface area contributed by atoms with Crippen molar-refractivity contribution >= 4 is 10.9 Å². The summed E-state index contributed by atoms with van der Waals surface area (Å²) in [6, 6.07) is 16.0. The van der Waals surface area contributed by atoms with E-state index in [9.17, 15) is 0 Å². The van der Waals surface area contributed by atoms with E-state index in [1.807, 2.05) is 0 Å². The van der Waals surface area contributed by atoms with Crippen molar-refractivity contribution in [1.82, 2.24) is 4.57 Å². The Morgan fingerprint density at radius 3 is 2.10 bits per heavy atom. The second-order valence-corrected chi connectivity index (χ2v) is 6.33. The van der Waals surface area contributed by atoms with Crippen molar-refractivity contribution in [1.29, 1.82) is 0 Å². The second kappa shape index (κ2) is 5.07. The summed E-state index contributed by atoms with van der Waals surface area (Å²) in [5.74, 6) is 0. The number of para-hydroxylation sites is 1. The predicted octanol–water partition coefficient (Wildman–Crippen LogP) is 5.81. The zero-order valence-corrected chi connectivity index (χ0v) is 13.6. The molecule has 0 bridgehead atoms. The third-order valence-electron chi connectivity index (χ3n) is 4.20. The van der Waals surface area contributed by atoms with E-state index in [0.29, 0.717) is 6.04 Å². The third kappa shape index (κ3) is 2.27. The van der Waals surface area contributed by atoms with Crippen LogP contribution in [0.4, 0.5) is 0 Å². The number of rotatable bonds is 2. The monoisotopic (exact) mass is 277 g/mol. The van der Waals surface area contributed by atoms with Crippen LogP contribution in [0.25, 0.3) is 22.2 Å². The standard InChI is InChI=1S/C20H23N/c1-13(2)21-18-9-7-6-8-17(18)12-19(21)20-15(4)10-14(3)11-16(20)5/h6-13H,1-5H3. The van der Waals surface area contributed by atoms with Gasteiger partial charge in [-0.2, -0.15) is 0 Å². The van der Waals surface area contributed by atoms with Gasteiger partial charge in [0.1, 0.15) is 0 Å². The van der Waals surface area contributed by atoms with Crippen molar-refractivity contribution in [3.63, 3.8) is 0 Å². The average Bonchev–Trinajstić information content (AvgIpc) is 2.76. The maximum absolute atomic E-state index is 2.46. The zero-order valence-electron chi connectivity index (χ0n) is 13.6. The van der Waals surface area contributed by atoms with Crippen LogP contribution < -0.4 is 0 Å². The van der Waals surface area contributed by atoms with Gasteiger partial charge in [0.2, 0.25) is 0 Å². The molecule has 3 rings (SSSR count). The lowest BCUT2D eigenvalue weighted by Gasteiger charge is -2.18. The summed E-state index contributed by atoms with van der Waals surface area (Å²) >= 11 is 0. The van der Waals surface area contributed by atoms with Crippen molar-refractivity contribution in [2.75, 3.05) is 0 Å². The average molecular weight is 277 g/mol. The van der Waals surface area contributed by atoms with E-state index in [1.54, 1.807) is 0 Å². The van der Waals surface area contributed by atoms with Gasteiger partial charge >= 0.3 is 0 Å². The first kappa shape index (κ1) is 13.9. The zero-order chi connectivity index (χ0) is 15.1. The lowest BCUT2D eigenvalue weighted by atomic mass is 9.97. The van der Waals surface area contributed by atoms with E-state index < -0.39 is 0 Å². The summed E-state index contributed by atoms with van der Waals surface area (Å²) in [7, 11) is 0. The van der Waals surface area contributed by atoms with Gasteiger partial charge in [0, 0.05) is 28.2 Å². The molecule has 0 radical (unpaired) electrons. The largest absolute Gasteiger partial charge is 0.338 e. The van der Waals surface area contributed by atoms with Gasteiger partial charge in [0.05, 0.1) is 0 Å². The Bertz CT molecular complexity index is 783. The van der Waals surface area contributed by atoms with Crippen molar-refractivity contribution in [2.45, 2.75) is 40.7 Å². The lowest BCUT2D eigenvalue weighted by Crippen LogP contribution is -2.04. The minimum atomic E-state index is 0.444. The molecule has 1 heterocycles. The van der Waals surface area contributed by atoms with E-state index >= 15 is 0 Å². The maximum atomic E-state index is 2.46. The molecule has 0 N–H and O–H groups in total. The predicted molar refractivity (Wildman–Crippen MR) is 92.0 cm³/mol. The van der Waals surface area contributed by atoms with Gasteiger partial charge in [-0.3, -0.25) is 0 Å². The first-order valence-electron chi connectivity index (χ1n) is 7.67. The van der Waals surface area contributed by atoms with Crippen LogP contribution in [0.2, 0.25) is 0 Å². The molecular weight excluding hydrogens is 254 g/mol. The summed E-state index contributed by atoms with van der Waals surface area (Å²) in [5.41, 5.74) is 8.09. The van der Waals surface area contributed by atoms with Crippen molar-refractivity contribution in [2.24, 2.45) is 0 Å². The molecule has 1 heteroatoms. The summed E-state index contributed by atoms with van der Waals surface area (Å²) in [4.78, 5) is 0. The van der Waals surface area contributed by atoms with E-state index in [2.05, 4.69) is 81.7 Å². The summed E-state index contributed by atoms with van der Waals surface area (Å²) in [5, 5.41) is 1.32. The van der Waals surface area contributed by atoms with Crippen LogP contribution in [0.1, 0.15) is 36.6 Å². The Morgan fingerprint density at radius 1 is 0.857 bits per heavy atom. The van der Waals surface area contributed by atoms with Gasteiger partial charge in [0.25, 0.3) is 0 Å². The molecule has 0 aliphatic rings.